The van der Waals surface area contributed by atoms with Crippen molar-refractivity contribution in [2.24, 2.45) is 5.73 Å². The average Bonchev–Trinajstić information content (AvgIpc) is 2.38. The number of carbonyl (C=O) groups is 1. The molecule has 94 valence electrons. The number of methoxy groups -OCH3 is 2. The predicted octanol–water partition coefficient (Wildman–Crippen LogP) is 0.782. The van der Waals surface area contributed by atoms with Crippen LogP contribution in [0.3, 0.4) is 0 Å². The molecule has 0 saturated carbocycles. The lowest BCUT2D eigenvalue weighted by Gasteiger charge is -2.08. The fraction of sp³-hybridized carbons (Fsp3) is 0.417. The molecule has 1 aromatic carbocycles. The number of rotatable bonds is 6. The molecule has 0 aliphatic rings. The highest BCUT2D eigenvalue weighted by atomic mass is 16.5. The van der Waals surface area contributed by atoms with Crippen LogP contribution in [0, 0.1) is 0 Å². The zero-order valence-corrected chi connectivity index (χ0v) is 10.2. The molecule has 0 aliphatic carbocycles. The fourth-order valence-corrected chi connectivity index (χ4v) is 1.34. The Morgan fingerprint density at radius 2 is 1.82 bits per heavy atom. The van der Waals surface area contributed by atoms with Crippen molar-refractivity contribution in [3.8, 4) is 11.5 Å². The Kier molecular flexibility index (Phi) is 5.29. The summed E-state index contributed by atoms with van der Waals surface area (Å²) in [7, 11) is 3.09. The van der Waals surface area contributed by atoms with E-state index in [1.165, 1.54) is 0 Å². The third kappa shape index (κ3) is 3.96. The molecule has 0 heterocycles. The first kappa shape index (κ1) is 13.3. The van der Waals surface area contributed by atoms with Gasteiger partial charge in [-0.25, -0.2) is 0 Å². The number of hydrogen-bond acceptors (Lipinski definition) is 4. The maximum Gasteiger partial charge on any atom is 0.251 e. The molecular weight excluding hydrogens is 220 g/mol. The highest BCUT2D eigenvalue weighted by Crippen LogP contribution is 2.22. The van der Waals surface area contributed by atoms with Gasteiger partial charge in [-0.1, -0.05) is 0 Å². The van der Waals surface area contributed by atoms with Gasteiger partial charge < -0.3 is 20.5 Å². The van der Waals surface area contributed by atoms with Crippen molar-refractivity contribution in [2.45, 2.75) is 6.42 Å². The van der Waals surface area contributed by atoms with Gasteiger partial charge in [0, 0.05) is 18.2 Å². The summed E-state index contributed by atoms with van der Waals surface area (Å²) in [6.07, 6.45) is 0.757. The summed E-state index contributed by atoms with van der Waals surface area (Å²) < 4.78 is 10.2. The Hall–Kier alpha value is -1.75. The smallest absolute Gasteiger partial charge is 0.251 e. The van der Waals surface area contributed by atoms with Gasteiger partial charge in [0.1, 0.15) is 11.5 Å². The average molecular weight is 238 g/mol. The molecule has 0 fully saturated rings. The molecule has 0 spiro atoms. The van der Waals surface area contributed by atoms with E-state index in [0.29, 0.717) is 30.2 Å². The van der Waals surface area contributed by atoms with Gasteiger partial charge in [0.25, 0.3) is 5.91 Å². The van der Waals surface area contributed by atoms with E-state index in [0.717, 1.165) is 6.42 Å². The van der Waals surface area contributed by atoms with Crippen LogP contribution in [0.4, 0.5) is 0 Å². The van der Waals surface area contributed by atoms with E-state index in [4.69, 9.17) is 15.2 Å². The number of nitrogens with two attached hydrogens (primary N) is 1. The van der Waals surface area contributed by atoms with E-state index in [1.807, 2.05) is 0 Å². The highest BCUT2D eigenvalue weighted by molar-refractivity contribution is 5.95. The van der Waals surface area contributed by atoms with Crippen molar-refractivity contribution in [3.63, 3.8) is 0 Å². The molecule has 0 aromatic heterocycles. The fourth-order valence-electron chi connectivity index (χ4n) is 1.34. The molecule has 0 radical (unpaired) electrons. The van der Waals surface area contributed by atoms with Crippen LogP contribution in [-0.2, 0) is 0 Å². The lowest BCUT2D eigenvalue weighted by atomic mass is 10.2. The Balaban J connectivity index is 2.77. The molecule has 1 amide bonds. The topological polar surface area (TPSA) is 73.6 Å². The second-order valence-electron chi connectivity index (χ2n) is 3.50. The second-order valence-corrected chi connectivity index (χ2v) is 3.50. The van der Waals surface area contributed by atoms with Gasteiger partial charge >= 0.3 is 0 Å². The summed E-state index contributed by atoms with van der Waals surface area (Å²) in [5.41, 5.74) is 5.87. The van der Waals surface area contributed by atoms with Crippen molar-refractivity contribution >= 4 is 5.91 Å². The van der Waals surface area contributed by atoms with Gasteiger partial charge in [0.2, 0.25) is 0 Å². The molecule has 5 nitrogen and oxygen atoms in total. The van der Waals surface area contributed by atoms with Crippen LogP contribution in [0.1, 0.15) is 16.8 Å². The van der Waals surface area contributed by atoms with E-state index in [1.54, 1.807) is 32.4 Å². The maximum absolute atomic E-state index is 11.8. The second kappa shape index (κ2) is 6.75. The summed E-state index contributed by atoms with van der Waals surface area (Å²) >= 11 is 0. The van der Waals surface area contributed by atoms with Crippen LogP contribution >= 0.6 is 0 Å². The largest absolute Gasteiger partial charge is 0.497 e. The summed E-state index contributed by atoms with van der Waals surface area (Å²) in [6.45, 7) is 1.12. The molecule has 5 heteroatoms. The molecule has 0 unspecified atom stereocenters. The molecule has 17 heavy (non-hydrogen) atoms. The molecular formula is C12H18N2O3. The standard InChI is InChI=1S/C12H18N2O3/c1-16-10-6-9(7-11(8-10)17-2)12(15)14-5-3-4-13/h6-8H,3-5,13H2,1-2H3,(H,14,15). The zero-order valence-electron chi connectivity index (χ0n) is 10.2. The Morgan fingerprint density at radius 3 is 2.29 bits per heavy atom. The molecule has 0 atom stereocenters. The molecule has 0 saturated heterocycles. The minimum atomic E-state index is -0.157. The first-order valence-corrected chi connectivity index (χ1v) is 5.42. The van der Waals surface area contributed by atoms with Crippen molar-refractivity contribution < 1.29 is 14.3 Å². The highest BCUT2D eigenvalue weighted by Gasteiger charge is 2.08. The summed E-state index contributed by atoms with van der Waals surface area (Å²) in [4.78, 5) is 11.8. The van der Waals surface area contributed by atoms with E-state index >= 15 is 0 Å². The maximum atomic E-state index is 11.8. The van der Waals surface area contributed by atoms with Crippen LogP contribution in [0.25, 0.3) is 0 Å². The number of ether oxygens (including phenoxy) is 2. The lowest BCUT2D eigenvalue weighted by Crippen LogP contribution is -2.25. The summed E-state index contributed by atoms with van der Waals surface area (Å²) in [5.74, 6) is 1.03. The van der Waals surface area contributed by atoms with Crippen molar-refractivity contribution in [1.29, 1.82) is 0 Å². The minimum Gasteiger partial charge on any atom is -0.497 e. The van der Waals surface area contributed by atoms with Crippen LogP contribution in [0.15, 0.2) is 18.2 Å². The van der Waals surface area contributed by atoms with Gasteiger partial charge in [0.05, 0.1) is 14.2 Å². The molecule has 0 aliphatic heterocycles. The van der Waals surface area contributed by atoms with E-state index < -0.39 is 0 Å². The first-order valence-electron chi connectivity index (χ1n) is 5.42. The Morgan fingerprint density at radius 1 is 1.24 bits per heavy atom. The molecule has 0 bridgehead atoms. The van der Waals surface area contributed by atoms with Crippen LogP contribution in [0.5, 0.6) is 11.5 Å². The monoisotopic (exact) mass is 238 g/mol. The van der Waals surface area contributed by atoms with E-state index in [-0.39, 0.29) is 5.91 Å². The van der Waals surface area contributed by atoms with Gasteiger partial charge in [-0.15, -0.1) is 0 Å². The van der Waals surface area contributed by atoms with Crippen molar-refractivity contribution in [2.75, 3.05) is 27.3 Å². The molecule has 1 rings (SSSR count). The third-order valence-electron chi connectivity index (χ3n) is 2.28. The van der Waals surface area contributed by atoms with Gasteiger partial charge in [-0.3, -0.25) is 4.79 Å². The van der Waals surface area contributed by atoms with Crippen molar-refractivity contribution in [3.05, 3.63) is 23.8 Å². The first-order chi connectivity index (χ1) is 8.21. The number of hydrogen-bond donors (Lipinski definition) is 2. The SMILES string of the molecule is COc1cc(OC)cc(C(=O)NCCCN)c1. The van der Waals surface area contributed by atoms with Gasteiger partial charge in [-0.05, 0) is 25.1 Å². The van der Waals surface area contributed by atoms with Crippen LogP contribution in [0.2, 0.25) is 0 Å². The summed E-state index contributed by atoms with van der Waals surface area (Å²) in [6, 6.07) is 5.05. The number of benzene rings is 1. The number of amides is 1. The number of carbonyl (C=O) groups excluding carboxylic acids is 1. The van der Waals surface area contributed by atoms with Crippen molar-refractivity contribution in [1.82, 2.24) is 5.32 Å². The predicted molar refractivity (Wildman–Crippen MR) is 65.6 cm³/mol. The number of nitrogens with one attached hydrogen (secondary N) is 1. The Labute approximate surface area is 101 Å². The normalized spacial score (nSPS) is 9.82. The molecule has 3 N–H and O–H groups in total. The minimum absolute atomic E-state index is 0.157. The van der Waals surface area contributed by atoms with Gasteiger partial charge in [-0.2, -0.15) is 0 Å². The summed E-state index contributed by atoms with van der Waals surface area (Å²) in [5, 5.41) is 2.77. The van der Waals surface area contributed by atoms with Gasteiger partial charge in [0.15, 0.2) is 0 Å². The van der Waals surface area contributed by atoms with E-state index in [2.05, 4.69) is 5.32 Å². The quantitative estimate of drug-likeness (QED) is 0.718. The third-order valence-corrected chi connectivity index (χ3v) is 2.28. The van der Waals surface area contributed by atoms with E-state index in [9.17, 15) is 4.79 Å². The van der Waals surface area contributed by atoms with Crippen LogP contribution in [-0.4, -0.2) is 33.2 Å². The zero-order chi connectivity index (χ0) is 12.7. The molecule has 1 aromatic rings. The lowest BCUT2D eigenvalue weighted by molar-refractivity contribution is 0.0953. The Bertz CT molecular complexity index is 358. The van der Waals surface area contributed by atoms with Crippen LogP contribution < -0.4 is 20.5 Å².